The molecule has 3 amide bonds. The quantitative estimate of drug-likeness (QED) is 0.545. The minimum absolute atomic E-state index is 0.195. The molecule has 0 radical (unpaired) electrons. The van der Waals surface area contributed by atoms with Crippen LogP contribution in [0.2, 0.25) is 0 Å². The molecular formula is C9H17N3O2. The van der Waals surface area contributed by atoms with Crippen molar-refractivity contribution in [3.63, 3.8) is 0 Å². The molecule has 0 spiro atoms. The number of imide groups is 1. The van der Waals surface area contributed by atoms with Gasteiger partial charge in [-0.1, -0.05) is 13.3 Å². The summed E-state index contributed by atoms with van der Waals surface area (Å²) in [5, 5.41) is 7.98. The van der Waals surface area contributed by atoms with Gasteiger partial charge < -0.3 is 10.6 Å². The third kappa shape index (κ3) is 2.04. The van der Waals surface area contributed by atoms with Crippen molar-refractivity contribution in [2.45, 2.75) is 31.7 Å². The molecule has 1 aliphatic heterocycles. The topological polar surface area (TPSA) is 70.2 Å². The van der Waals surface area contributed by atoms with E-state index in [0.29, 0.717) is 19.4 Å². The van der Waals surface area contributed by atoms with Crippen LogP contribution < -0.4 is 16.0 Å². The molecule has 1 fully saturated rings. The molecule has 80 valence electrons. The molecule has 0 aromatic carbocycles. The normalized spacial score (nSPS) is 26.1. The Morgan fingerprint density at radius 2 is 2.07 bits per heavy atom. The highest BCUT2D eigenvalue weighted by Crippen LogP contribution is 2.21. The van der Waals surface area contributed by atoms with Crippen molar-refractivity contribution in [2.75, 3.05) is 13.6 Å². The molecule has 1 aliphatic rings. The minimum Gasteiger partial charge on any atom is -0.323 e. The van der Waals surface area contributed by atoms with E-state index in [2.05, 4.69) is 16.0 Å². The fourth-order valence-electron chi connectivity index (χ4n) is 1.77. The number of rotatable bonds is 5. The van der Waals surface area contributed by atoms with Crippen molar-refractivity contribution in [1.82, 2.24) is 16.0 Å². The Morgan fingerprint density at radius 3 is 2.50 bits per heavy atom. The zero-order valence-corrected chi connectivity index (χ0v) is 8.64. The average molecular weight is 199 g/mol. The molecule has 0 aliphatic carbocycles. The molecule has 5 nitrogen and oxygen atoms in total. The Bertz CT molecular complexity index is 242. The molecule has 1 atom stereocenters. The number of amides is 3. The third-order valence-electron chi connectivity index (χ3n) is 2.49. The van der Waals surface area contributed by atoms with Crippen LogP contribution in [0.15, 0.2) is 0 Å². The van der Waals surface area contributed by atoms with E-state index in [-0.39, 0.29) is 11.9 Å². The van der Waals surface area contributed by atoms with Crippen LogP contribution in [0.4, 0.5) is 4.79 Å². The van der Waals surface area contributed by atoms with Gasteiger partial charge in [0.15, 0.2) is 0 Å². The van der Waals surface area contributed by atoms with Crippen molar-refractivity contribution in [3.05, 3.63) is 0 Å². The van der Waals surface area contributed by atoms with Gasteiger partial charge in [0, 0.05) is 0 Å². The average Bonchev–Trinajstić information content (AvgIpc) is 2.40. The van der Waals surface area contributed by atoms with Crippen LogP contribution in [0, 0.1) is 0 Å². The second-order valence-corrected chi connectivity index (χ2v) is 3.59. The van der Waals surface area contributed by atoms with Crippen molar-refractivity contribution < 1.29 is 9.59 Å². The van der Waals surface area contributed by atoms with E-state index in [1.165, 1.54) is 0 Å². The SMILES string of the molecule is CCCC1(CCNC)NC(=O)NC1=O. The van der Waals surface area contributed by atoms with Crippen molar-refractivity contribution in [2.24, 2.45) is 0 Å². The summed E-state index contributed by atoms with van der Waals surface area (Å²) in [6, 6.07) is -0.375. The van der Waals surface area contributed by atoms with Gasteiger partial charge in [0.1, 0.15) is 5.54 Å². The van der Waals surface area contributed by atoms with E-state index in [4.69, 9.17) is 0 Å². The second-order valence-electron chi connectivity index (χ2n) is 3.59. The zero-order chi connectivity index (χ0) is 10.6. The highest BCUT2D eigenvalue weighted by atomic mass is 16.2. The van der Waals surface area contributed by atoms with Gasteiger partial charge in [0.25, 0.3) is 5.91 Å². The van der Waals surface area contributed by atoms with E-state index >= 15 is 0 Å². The fourth-order valence-corrected chi connectivity index (χ4v) is 1.77. The standard InChI is InChI=1S/C9H17N3O2/c1-3-4-9(5-6-10-2)7(13)11-8(14)12-9/h10H,3-6H2,1-2H3,(H2,11,12,13,14). The maximum Gasteiger partial charge on any atom is 0.322 e. The van der Waals surface area contributed by atoms with E-state index in [9.17, 15) is 9.59 Å². The van der Waals surface area contributed by atoms with Crippen LogP contribution in [-0.4, -0.2) is 31.1 Å². The molecule has 0 bridgehead atoms. The number of urea groups is 1. The number of hydrogen-bond acceptors (Lipinski definition) is 3. The van der Waals surface area contributed by atoms with Gasteiger partial charge in [-0.2, -0.15) is 0 Å². The van der Waals surface area contributed by atoms with Gasteiger partial charge in [0.2, 0.25) is 0 Å². The van der Waals surface area contributed by atoms with Crippen LogP contribution in [0.3, 0.4) is 0 Å². The summed E-state index contributed by atoms with van der Waals surface area (Å²) in [5.74, 6) is -0.195. The summed E-state index contributed by atoms with van der Waals surface area (Å²) in [4.78, 5) is 22.6. The number of carbonyl (C=O) groups is 2. The molecule has 1 rings (SSSR count). The minimum atomic E-state index is -0.686. The van der Waals surface area contributed by atoms with Crippen LogP contribution in [0.25, 0.3) is 0 Å². The van der Waals surface area contributed by atoms with E-state index in [1.807, 2.05) is 14.0 Å². The van der Waals surface area contributed by atoms with Crippen LogP contribution in [0.5, 0.6) is 0 Å². The summed E-state index contributed by atoms with van der Waals surface area (Å²) in [6.45, 7) is 2.71. The maximum atomic E-state index is 11.6. The van der Waals surface area contributed by atoms with Crippen molar-refractivity contribution in [1.29, 1.82) is 0 Å². The monoisotopic (exact) mass is 199 g/mol. The van der Waals surface area contributed by atoms with Gasteiger partial charge in [-0.05, 0) is 26.4 Å². The third-order valence-corrected chi connectivity index (χ3v) is 2.49. The molecular weight excluding hydrogens is 182 g/mol. The maximum absolute atomic E-state index is 11.6. The van der Waals surface area contributed by atoms with Crippen LogP contribution in [-0.2, 0) is 4.79 Å². The lowest BCUT2D eigenvalue weighted by Gasteiger charge is -2.25. The van der Waals surface area contributed by atoms with Crippen LogP contribution >= 0.6 is 0 Å². The number of nitrogens with one attached hydrogen (secondary N) is 3. The second kappa shape index (κ2) is 4.41. The van der Waals surface area contributed by atoms with E-state index in [1.54, 1.807) is 0 Å². The molecule has 1 heterocycles. The number of hydrogen-bond donors (Lipinski definition) is 3. The predicted molar refractivity (Wildman–Crippen MR) is 52.9 cm³/mol. The highest BCUT2D eigenvalue weighted by molar-refractivity contribution is 6.06. The molecule has 3 N–H and O–H groups in total. The Labute approximate surface area is 83.6 Å². The summed E-state index contributed by atoms with van der Waals surface area (Å²) < 4.78 is 0. The highest BCUT2D eigenvalue weighted by Gasteiger charge is 2.44. The molecule has 1 unspecified atom stereocenters. The Morgan fingerprint density at radius 1 is 1.36 bits per heavy atom. The first-order chi connectivity index (χ1) is 6.64. The lowest BCUT2D eigenvalue weighted by atomic mass is 9.90. The molecule has 14 heavy (non-hydrogen) atoms. The lowest BCUT2D eigenvalue weighted by molar-refractivity contribution is -0.124. The summed E-state index contributed by atoms with van der Waals surface area (Å²) in [5.41, 5.74) is -0.686. The van der Waals surface area contributed by atoms with Gasteiger partial charge in [-0.15, -0.1) is 0 Å². The largest absolute Gasteiger partial charge is 0.323 e. The zero-order valence-electron chi connectivity index (χ0n) is 8.64. The van der Waals surface area contributed by atoms with E-state index < -0.39 is 5.54 Å². The Hall–Kier alpha value is -1.10. The van der Waals surface area contributed by atoms with Gasteiger partial charge in [-0.3, -0.25) is 10.1 Å². The molecule has 0 saturated carbocycles. The molecule has 0 aromatic rings. The predicted octanol–water partition coefficient (Wildman–Crippen LogP) is -0.0258. The molecule has 0 aromatic heterocycles. The number of carbonyl (C=O) groups excluding carboxylic acids is 2. The van der Waals surface area contributed by atoms with Gasteiger partial charge >= 0.3 is 6.03 Å². The lowest BCUT2D eigenvalue weighted by Crippen LogP contribution is -2.48. The Kier molecular flexibility index (Phi) is 3.46. The summed E-state index contributed by atoms with van der Waals surface area (Å²) in [7, 11) is 1.83. The van der Waals surface area contributed by atoms with Gasteiger partial charge in [0.05, 0.1) is 0 Å². The first-order valence-corrected chi connectivity index (χ1v) is 4.93. The first-order valence-electron chi connectivity index (χ1n) is 4.93. The summed E-state index contributed by atoms with van der Waals surface area (Å²) in [6.07, 6.45) is 2.19. The smallest absolute Gasteiger partial charge is 0.322 e. The Balaban J connectivity index is 2.70. The van der Waals surface area contributed by atoms with E-state index in [0.717, 1.165) is 6.42 Å². The van der Waals surface area contributed by atoms with Crippen molar-refractivity contribution in [3.8, 4) is 0 Å². The van der Waals surface area contributed by atoms with Crippen LogP contribution in [0.1, 0.15) is 26.2 Å². The molecule has 5 heteroatoms. The van der Waals surface area contributed by atoms with Gasteiger partial charge in [-0.25, -0.2) is 4.79 Å². The first kappa shape index (κ1) is 11.0. The fraction of sp³-hybridized carbons (Fsp3) is 0.778. The molecule has 1 saturated heterocycles. The summed E-state index contributed by atoms with van der Waals surface area (Å²) >= 11 is 0. The van der Waals surface area contributed by atoms with Crippen molar-refractivity contribution >= 4 is 11.9 Å².